The summed E-state index contributed by atoms with van der Waals surface area (Å²) in [5.74, 6) is 0.255. The minimum Gasteiger partial charge on any atom is -0.399 e. The summed E-state index contributed by atoms with van der Waals surface area (Å²) in [4.78, 5) is 16.5. The van der Waals surface area contributed by atoms with E-state index in [0.717, 1.165) is 43.6 Å². The number of aryl methyl sites for hydroxylation is 1. The van der Waals surface area contributed by atoms with Crippen molar-refractivity contribution in [1.82, 2.24) is 9.80 Å². The number of nitrogen functional groups attached to an aromatic ring is 1. The third kappa shape index (κ3) is 5.67. The van der Waals surface area contributed by atoms with Crippen LogP contribution in [0.4, 0.5) is 5.69 Å². The van der Waals surface area contributed by atoms with Crippen LogP contribution in [0.15, 0.2) is 24.3 Å². The summed E-state index contributed by atoms with van der Waals surface area (Å²) in [6, 6.07) is 8.40. The van der Waals surface area contributed by atoms with Crippen molar-refractivity contribution in [2.24, 2.45) is 0 Å². The van der Waals surface area contributed by atoms with Gasteiger partial charge in [-0.15, -0.1) is 24.8 Å². The lowest BCUT2D eigenvalue weighted by Crippen LogP contribution is -2.44. The molecule has 126 valence electrons. The number of hydrogen-bond acceptors (Lipinski definition) is 3. The Morgan fingerprint density at radius 3 is 2.36 bits per heavy atom. The van der Waals surface area contributed by atoms with Crippen molar-refractivity contribution in [3.8, 4) is 0 Å². The average molecular weight is 348 g/mol. The summed E-state index contributed by atoms with van der Waals surface area (Å²) in [6.07, 6.45) is 3.44. The molecule has 0 aliphatic carbocycles. The Kier molecular flexibility index (Phi) is 9.49. The maximum atomic E-state index is 12.2. The molecule has 0 atom stereocenters. The molecule has 0 spiro atoms. The van der Waals surface area contributed by atoms with Crippen molar-refractivity contribution in [3.63, 3.8) is 0 Å². The molecule has 1 fully saturated rings. The van der Waals surface area contributed by atoms with Gasteiger partial charge in [0.15, 0.2) is 0 Å². The van der Waals surface area contributed by atoms with Gasteiger partial charge in [0.05, 0.1) is 0 Å². The Hall–Kier alpha value is -0.970. The lowest BCUT2D eigenvalue weighted by molar-refractivity contribution is -0.132. The first-order valence-electron chi connectivity index (χ1n) is 7.35. The van der Waals surface area contributed by atoms with Crippen LogP contribution in [-0.4, -0.2) is 48.9 Å². The zero-order valence-corrected chi connectivity index (χ0v) is 15.0. The summed E-state index contributed by atoms with van der Waals surface area (Å²) in [7, 11) is 4.22. The highest BCUT2D eigenvalue weighted by atomic mass is 35.5. The van der Waals surface area contributed by atoms with Crippen molar-refractivity contribution in [3.05, 3.63) is 29.8 Å². The highest BCUT2D eigenvalue weighted by molar-refractivity contribution is 5.85. The predicted octanol–water partition coefficient (Wildman–Crippen LogP) is 2.60. The van der Waals surface area contributed by atoms with E-state index in [0.29, 0.717) is 12.5 Å². The van der Waals surface area contributed by atoms with Crippen LogP contribution in [0.2, 0.25) is 0 Å². The second-order valence-electron chi connectivity index (χ2n) is 5.77. The minimum atomic E-state index is 0. The number of hydrogen-bond donors (Lipinski definition) is 1. The molecule has 2 N–H and O–H groups in total. The number of anilines is 1. The standard InChI is InChI=1S/C16H25N3O.2ClH/c1-18(2)14-9-11-19(12-10-14)16(20)8-7-13-5-3-4-6-15(13)17;;/h3-6,14H,7-12,17H2,1-2H3;2*1H. The number of halogens is 2. The molecule has 6 heteroatoms. The van der Waals surface area contributed by atoms with Crippen LogP contribution in [0.25, 0.3) is 0 Å². The van der Waals surface area contributed by atoms with E-state index in [-0.39, 0.29) is 30.7 Å². The van der Waals surface area contributed by atoms with Crippen molar-refractivity contribution in [1.29, 1.82) is 0 Å². The Balaban J connectivity index is 0.00000220. The molecule has 4 nitrogen and oxygen atoms in total. The number of para-hydroxylation sites is 1. The predicted molar refractivity (Wildman–Crippen MR) is 97.0 cm³/mol. The van der Waals surface area contributed by atoms with Gasteiger partial charge in [-0.05, 0) is 45.0 Å². The van der Waals surface area contributed by atoms with E-state index < -0.39 is 0 Å². The molecule has 0 saturated carbocycles. The molecule has 0 aromatic heterocycles. The normalized spacial score (nSPS) is 15.1. The first-order chi connectivity index (χ1) is 9.58. The molecular formula is C16H27Cl2N3O. The number of carbonyl (C=O) groups is 1. The van der Waals surface area contributed by atoms with Crippen LogP contribution in [0.1, 0.15) is 24.8 Å². The van der Waals surface area contributed by atoms with Gasteiger partial charge in [0, 0.05) is 31.2 Å². The number of rotatable bonds is 4. The lowest BCUT2D eigenvalue weighted by Gasteiger charge is -2.35. The van der Waals surface area contributed by atoms with Gasteiger partial charge < -0.3 is 15.5 Å². The highest BCUT2D eigenvalue weighted by Crippen LogP contribution is 2.17. The van der Waals surface area contributed by atoms with Crippen LogP contribution in [0.3, 0.4) is 0 Å². The summed E-state index contributed by atoms with van der Waals surface area (Å²) < 4.78 is 0. The fraction of sp³-hybridized carbons (Fsp3) is 0.562. The summed E-state index contributed by atoms with van der Waals surface area (Å²) in [5, 5.41) is 0. The van der Waals surface area contributed by atoms with Gasteiger partial charge in [0.2, 0.25) is 5.91 Å². The van der Waals surface area contributed by atoms with Gasteiger partial charge in [-0.2, -0.15) is 0 Å². The molecule has 1 heterocycles. The monoisotopic (exact) mass is 347 g/mol. The fourth-order valence-corrected chi connectivity index (χ4v) is 2.79. The Morgan fingerprint density at radius 1 is 1.23 bits per heavy atom. The van der Waals surface area contributed by atoms with Gasteiger partial charge in [-0.3, -0.25) is 4.79 Å². The van der Waals surface area contributed by atoms with Gasteiger partial charge in [-0.1, -0.05) is 18.2 Å². The molecule has 1 aromatic rings. The van der Waals surface area contributed by atoms with E-state index in [2.05, 4.69) is 19.0 Å². The van der Waals surface area contributed by atoms with Crippen molar-refractivity contribution >= 4 is 36.4 Å². The topological polar surface area (TPSA) is 49.6 Å². The zero-order valence-electron chi connectivity index (χ0n) is 13.3. The Bertz CT molecular complexity index is 460. The Labute approximate surface area is 145 Å². The van der Waals surface area contributed by atoms with Crippen LogP contribution >= 0.6 is 24.8 Å². The SMILES string of the molecule is CN(C)C1CCN(C(=O)CCc2ccccc2N)CC1.Cl.Cl. The van der Waals surface area contributed by atoms with Gasteiger partial charge >= 0.3 is 0 Å². The van der Waals surface area contributed by atoms with Gasteiger partial charge in [0.1, 0.15) is 0 Å². The van der Waals surface area contributed by atoms with Crippen molar-refractivity contribution in [2.45, 2.75) is 31.7 Å². The third-order valence-corrected chi connectivity index (χ3v) is 4.21. The van der Waals surface area contributed by atoms with Crippen molar-refractivity contribution in [2.75, 3.05) is 32.9 Å². The number of carbonyl (C=O) groups excluding carboxylic acids is 1. The molecule has 22 heavy (non-hydrogen) atoms. The molecule has 1 aliphatic heterocycles. The molecule has 2 rings (SSSR count). The second kappa shape index (κ2) is 9.93. The maximum absolute atomic E-state index is 12.2. The van der Waals surface area contributed by atoms with E-state index in [1.807, 2.05) is 29.2 Å². The van der Waals surface area contributed by atoms with Crippen LogP contribution in [-0.2, 0) is 11.2 Å². The molecular weight excluding hydrogens is 321 g/mol. The number of piperidine rings is 1. The van der Waals surface area contributed by atoms with Gasteiger partial charge in [0.25, 0.3) is 0 Å². The highest BCUT2D eigenvalue weighted by Gasteiger charge is 2.23. The van der Waals surface area contributed by atoms with E-state index in [1.165, 1.54) is 0 Å². The third-order valence-electron chi connectivity index (χ3n) is 4.21. The summed E-state index contributed by atoms with van der Waals surface area (Å²) >= 11 is 0. The van der Waals surface area contributed by atoms with Crippen LogP contribution in [0.5, 0.6) is 0 Å². The lowest BCUT2D eigenvalue weighted by atomic mass is 10.0. The quantitative estimate of drug-likeness (QED) is 0.851. The second-order valence-corrected chi connectivity index (χ2v) is 5.77. The molecule has 0 bridgehead atoms. The van der Waals surface area contributed by atoms with Gasteiger partial charge in [-0.25, -0.2) is 0 Å². The fourth-order valence-electron chi connectivity index (χ4n) is 2.79. The molecule has 1 aromatic carbocycles. The minimum absolute atomic E-state index is 0. The first kappa shape index (κ1) is 21.0. The molecule has 0 unspecified atom stereocenters. The molecule has 1 aliphatic rings. The summed E-state index contributed by atoms with van der Waals surface area (Å²) in [5.41, 5.74) is 7.76. The number of benzene rings is 1. The molecule has 0 radical (unpaired) electrons. The zero-order chi connectivity index (χ0) is 14.5. The molecule has 1 amide bonds. The Morgan fingerprint density at radius 2 is 1.82 bits per heavy atom. The summed E-state index contributed by atoms with van der Waals surface area (Å²) in [6.45, 7) is 1.76. The van der Waals surface area contributed by atoms with Crippen molar-refractivity contribution < 1.29 is 4.79 Å². The largest absolute Gasteiger partial charge is 0.399 e. The smallest absolute Gasteiger partial charge is 0.222 e. The number of amides is 1. The first-order valence-corrected chi connectivity index (χ1v) is 7.35. The average Bonchev–Trinajstić information content (AvgIpc) is 2.46. The van der Waals surface area contributed by atoms with Crippen LogP contribution < -0.4 is 5.73 Å². The van der Waals surface area contributed by atoms with E-state index in [4.69, 9.17) is 5.73 Å². The number of nitrogens with zero attached hydrogens (tertiary/aromatic N) is 2. The van der Waals surface area contributed by atoms with E-state index in [1.54, 1.807) is 0 Å². The molecule has 1 saturated heterocycles. The van der Waals surface area contributed by atoms with Crippen LogP contribution in [0, 0.1) is 0 Å². The number of likely N-dealkylation sites (tertiary alicyclic amines) is 1. The number of nitrogens with two attached hydrogens (primary N) is 1. The maximum Gasteiger partial charge on any atom is 0.222 e. The van der Waals surface area contributed by atoms with E-state index >= 15 is 0 Å². The van der Waals surface area contributed by atoms with E-state index in [9.17, 15) is 4.79 Å².